The van der Waals surface area contributed by atoms with E-state index in [-0.39, 0.29) is 12.8 Å². The van der Waals surface area contributed by atoms with Gasteiger partial charge in [-0.3, -0.25) is 9.80 Å². The first-order valence-corrected chi connectivity index (χ1v) is 10.2. The van der Waals surface area contributed by atoms with Crippen LogP contribution in [0.1, 0.15) is 31.7 Å². The molecule has 2 aliphatic rings. The Morgan fingerprint density at radius 2 is 1.68 bits per heavy atom. The number of β-amino-alcohol motifs (C(OH)–C–C–N with tert-alkyl or cyclic N) is 1. The number of benzene rings is 1. The molecule has 2 aliphatic heterocycles. The molecule has 0 spiro atoms. The van der Waals surface area contributed by atoms with Gasteiger partial charge in [-0.2, -0.15) is 0 Å². The molecule has 0 unspecified atom stereocenters. The molecule has 0 saturated carbocycles. The average Bonchev–Trinajstić information content (AvgIpc) is 3.02. The third-order valence-corrected chi connectivity index (χ3v) is 5.55. The van der Waals surface area contributed by atoms with E-state index in [1.807, 2.05) is 36.1 Å². The topological polar surface area (TPSA) is 45.2 Å². The van der Waals surface area contributed by atoms with Crippen molar-refractivity contribution < 1.29 is 23.4 Å². The van der Waals surface area contributed by atoms with Gasteiger partial charge in [-0.05, 0) is 31.0 Å². The lowest BCUT2D eigenvalue weighted by atomic mass is 10.00. The summed E-state index contributed by atoms with van der Waals surface area (Å²) in [5.74, 6) is -1.72. The van der Waals surface area contributed by atoms with Crippen LogP contribution in [-0.2, 0) is 11.3 Å². The summed E-state index contributed by atoms with van der Waals surface area (Å²) >= 11 is 0. The lowest BCUT2D eigenvalue weighted by Crippen LogP contribution is -2.49. The Kier molecular flexibility index (Phi) is 7.25. The molecule has 28 heavy (non-hydrogen) atoms. The molecule has 0 aromatic heterocycles. The fraction of sp³-hybridized carbons (Fsp3) is 0.714. The summed E-state index contributed by atoms with van der Waals surface area (Å²) in [6.07, 6.45) is 0.468. The van der Waals surface area contributed by atoms with Gasteiger partial charge < -0.3 is 14.6 Å². The first kappa shape index (κ1) is 21.4. The lowest BCUT2D eigenvalue weighted by molar-refractivity contribution is -0.0724. The summed E-state index contributed by atoms with van der Waals surface area (Å²) in [4.78, 5) is 4.21. The molecular formula is C21H32F2N2O3. The van der Waals surface area contributed by atoms with Crippen LogP contribution in [0, 0.1) is 0 Å². The van der Waals surface area contributed by atoms with Crippen LogP contribution in [0.5, 0.6) is 5.75 Å². The first-order chi connectivity index (χ1) is 13.4. The lowest BCUT2D eigenvalue weighted by Gasteiger charge is -2.36. The van der Waals surface area contributed by atoms with E-state index in [2.05, 4.69) is 4.90 Å². The SMILES string of the molecule is CCOCCOc1ccc(CN2CC[C@](O)(CN3CCC(F)(F)CC3)C2)cc1. The summed E-state index contributed by atoms with van der Waals surface area (Å²) < 4.78 is 37.5. The molecule has 0 radical (unpaired) electrons. The zero-order chi connectivity index (χ0) is 20.0. The van der Waals surface area contributed by atoms with Gasteiger partial charge in [0.15, 0.2) is 0 Å². The Balaban J connectivity index is 1.42. The number of rotatable bonds is 9. The third kappa shape index (κ3) is 6.37. The fourth-order valence-electron chi connectivity index (χ4n) is 3.97. The van der Waals surface area contributed by atoms with E-state index in [1.165, 1.54) is 5.56 Å². The van der Waals surface area contributed by atoms with Gasteiger partial charge in [-0.15, -0.1) is 0 Å². The summed E-state index contributed by atoms with van der Waals surface area (Å²) in [7, 11) is 0. The van der Waals surface area contributed by atoms with E-state index >= 15 is 0 Å². The number of piperidine rings is 1. The Morgan fingerprint density at radius 3 is 2.36 bits per heavy atom. The molecule has 0 aliphatic carbocycles. The quantitative estimate of drug-likeness (QED) is 0.648. The van der Waals surface area contributed by atoms with Crippen LogP contribution in [0.3, 0.4) is 0 Å². The minimum atomic E-state index is -2.54. The molecule has 2 fully saturated rings. The van der Waals surface area contributed by atoms with Crippen molar-refractivity contribution in [3.8, 4) is 5.75 Å². The van der Waals surface area contributed by atoms with Gasteiger partial charge in [0, 0.05) is 58.7 Å². The van der Waals surface area contributed by atoms with Crippen molar-refractivity contribution in [1.29, 1.82) is 0 Å². The maximum atomic E-state index is 13.3. The van der Waals surface area contributed by atoms with Gasteiger partial charge in [0.1, 0.15) is 12.4 Å². The summed E-state index contributed by atoms with van der Waals surface area (Å²) in [6, 6.07) is 8.00. The number of hydrogen-bond donors (Lipinski definition) is 1. The molecule has 1 N–H and O–H groups in total. The second-order valence-electron chi connectivity index (χ2n) is 8.01. The highest BCUT2D eigenvalue weighted by atomic mass is 19.3. The van der Waals surface area contributed by atoms with Crippen LogP contribution >= 0.6 is 0 Å². The summed E-state index contributed by atoms with van der Waals surface area (Å²) in [5.41, 5.74) is 0.355. The second-order valence-corrected chi connectivity index (χ2v) is 8.01. The average molecular weight is 398 g/mol. The van der Waals surface area contributed by atoms with E-state index in [0.29, 0.717) is 52.4 Å². The second kappa shape index (κ2) is 9.48. The molecule has 3 rings (SSSR count). The fourth-order valence-corrected chi connectivity index (χ4v) is 3.97. The van der Waals surface area contributed by atoms with Crippen molar-refractivity contribution in [3.05, 3.63) is 29.8 Å². The molecule has 2 heterocycles. The number of likely N-dealkylation sites (tertiary alicyclic amines) is 2. The molecule has 1 atom stereocenters. The molecule has 1 aromatic carbocycles. The highest BCUT2D eigenvalue weighted by molar-refractivity contribution is 5.27. The first-order valence-electron chi connectivity index (χ1n) is 10.2. The molecule has 0 amide bonds. The molecular weight excluding hydrogens is 366 g/mol. The maximum absolute atomic E-state index is 13.3. The Labute approximate surface area is 166 Å². The van der Waals surface area contributed by atoms with Gasteiger partial charge in [-0.1, -0.05) is 12.1 Å². The van der Waals surface area contributed by atoms with Gasteiger partial charge >= 0.3 is 0 Å². The largest absolute Gasteiger partial charge is 0.491 e. The van der Waals surface area contributed by atoms with E-state index in [4.69, 9.17) is 9.47 Å². The maximum Gasteiger partial charge on any atom is 0.250 e. The van der Waals surface area contributed by atoms with E-state index in [0.717, 1.165) is 18.8 Å². The number of ether oxygens (including phenoxy) is 2. The summed E-state index contributed by atoms with van der Waals surface area (Å²) in [6.45, 7) is 7.12. The number of aliphatic hydroxyl groups is 1. The van der Waals surface area contributed by atoms with Crippen LogP contribution in [0.2, 0.25) is 0 Å². The number of alkyl halides is 2. The van der Waals surface area contributed by atoms with Gasteiger partial charge in [-0.25, -0.2) is 8.78 Å². The van der Waals surface area contributed by atoms with Crippen LogP contribution in [0.25, 0.3) is 0 Å². The van der Waals surface area contributed by atoms with Gasteiger partial charge in [0.25, 0.3) is 5.92 Å². The predicted molar refractivity (Wildman–Crippen MR) is 104 cm³/mol. The van der Waals surface area contributed by atoms with Crippen LogP contribution < -0.4 is 4.74 Å². The molecule has 1 aromatic rings. The number of nitrogens with zero attached hydrogens (tertiary/aromatic N) is 2. The van der Waals surface area contributed by atoms with Crippen LogP contribution in [-0.4, -0.2) is 79.0 Å². The van der Waals surface area contributed by atoms with Crippen molar-refractivity contribution >= 4 is 0 Å². The Morgan fingerprint density at radius 1 is 1.00 bits per heavy atom. The Hall–Kier alpha value is -1.28. The standard InChI is InChI=1S/C21H32F2N2O3/c1-2-27-13-14-28-19-5-3-18(4-6-19)15-25-10-7-20(26,17-25)16-24-11-8-21(22,23)9-12-24/h3-6,26H,2,7-17H2,1H3/t20-/m0/s1. The highest BCUT2D eigenvalue weighted by Crippen LogP contribution is 2.30. The predicted octanol–water partition coefficient (Wildman–Crippen LogP) is 2.77. The molecule has 158 valence electrons. The molecule has 0 bridgehead atoms. The van der Waals surface area contributed by atoms with Gasteiger partial charge in [0.2, 0.25) is 0 Å². The normalized spacial score (nSPS) is 25.9. The van der Waals surface area contributed by atoms with Crippen molar-refractivity contribution in [3.63, 3.8) is 0 Å². The van der Waals surface area contributed by atoms with Crippen molar-refractivity contribution in [1.82, 2.24) is 9.80 Å². The highest BCUT2D eigenvalue weighted by Gasteiger charge is 2.40. The zero-order valence-corrected chi connectivity index (χ0v) is 16.7. The van der Waals surface area contributed by atoms with Crippen LogP contribution in [0.15, 0.2) is 24.3 Å². The van der Waals surface area contributed by atoms with E-state index in [1.54, 1.807) is 0 Å². The van der Waals surface area contributed by atoms with Crippen molar-refractivity contribution in [2.75, 3.05) is 52.5 Å². The number of hydrogen-bond acceptors (Lipinski definition) is 5. The molecule has 7 heteroatoms. The Bertz CT molecular complexity index is 604. The molecule has 5 nitrogen and oxygen atoms in total. The zero-order valence-electron chi connectivity index (χ0n) is 16.7. The minimum Gasteiger partial charge on any atom is -0.491 e. The summed E-state index contributed by atoms with van der Waals surface area (Å²) in [5, 5.41) is 10.9. The van der Waals surface area contributed by atoms with Crippen molar-refractivity contribution in [2.24, 2.45) is 0 Å². The van der Waals surface area contributed by atoms with E-state index in [9.17, 15) is 13.9 Å². The minimum absolute atomic E-state index is 0.105. The third-order valence-electron chi connectivity index (χ3n) is 5.55. The van der Waals surface area contributed by atoms with E-state index < -0.39 is 11.5 Å². The smallest absolute Gasteiger partial charge is 0.250 e. The monoisotopic (exact) mass is 398 g/mol. The van der Waals surface area contributed by atoms with Crippen molar-refractivity contribution in [2.45, 2.75) is 44.3 Å². The number of halogens is 2. The molecule has 2 saturated heterocycles. The van der Waals surface area contributed by atoms with Crippen LogP contribution in [0.4, 0.5) is 8.78 Å². The van der Waals surface area contributed by atoms with Gasteiger partial charge in [0.05, 0.1) is 12.2 Å².